The van der Waals surface area contributed by atoms with Crippen molar-refractivity contribution >= 4 is 0 Å². The lowest BCUT2D eigenvalue weighted by atomic mass is 10.2. The fraction of sp³-hybridized carbons (Fsp3) is 0.250. The Morgan fingerprint density at radius 3 is 1.89 bits per heavy atom. The average Bonchev–Trinajstić information content (AvgIpc) is 2.47. The minimum absolute atomic E-state index is 0.168. The summed E-state index contributed by atoms with van der Waals surface area (Å²) in [6, 6.07) is 19.6. The summed E-state index contributed by atoms with van der Waals surface area (Å²) >= 11 is 0. The zero-order valence-electron chi connectivity index (χ0n) is 10.7. The standard InChI is InChI=1S/C16H18O3/c17-16(19-12-15-9-5-2-6-10-15)13-18-11-14-7-3-1-4-8-14/h1-10,16-17H,11-13H2. The molecule has 0 saturated carbocycles. The van der Waals surface area contributed by atoms with Crippen LogP contribution in [0, 0.1) is 0 Å². The number of aliphatic hydroxyl groups is 1. The van der Waals surface area contributed by atoms with E-state index >= 15 is 0 Å². The monoisotopic (exact) mass is 258 g/mol. The summed E-state index contributed by atoms with van der Waals surface area (Å²) in [7, 11) is 0. The second-order valence-electron chi connectivity index (χ2n) is 4.25. The molecule has 0 amide bonds. The molecule has 19 heavy (non-hydrogen) atoms. The van der Waals surface area contributed by atoms with Crippen LogP contribution in [0.2, 0.25) is 0 Å². The summed E-state index contributed by atoms with van der Waals surface area (Å²) in [6.07, 6.45) is -0.899. The van der Waals surface area contributed by atoms with E-state index < -0.39 is 6.29 Å². The molecule has 0 saturated heterocycles. The molecular weight excluding hydrogens is 240 g/mol. The molecule has 2 aromatic carbocycles. The lowest BCUT2D eigenvalue weighted by Gasteiger charge is -2.12. The van der Waals surface area contributed by atoms with Gasteiger partial charge in [0.05, 0.1) is 19.8 Å². The molecule has 2 rings (SSSR count). The third-order valence-electron chi connectivity index (χ3n) is 2.66. The molecule has 0 fully saturated rings. The van der Waals surface area contributed by atoms with E-state index in [4.69, 9.17) is 9.47 Å². The first-order valence-corrected chi connectivity index (χ1v) is 6.30. The van der Waals surface area contributed by atoms with E-state index in [1.165, 1.54) is 0 Å². The summed E-state index contributed by atoms with van der Waals surface area (Å²) < 4.78 is 10.7. The van der Waals surface area contributed by atoms with E-state index in [0.29, 0.717) is 13.2 Å². The van der Waals surface area contributed by atoms with Crippen molar-refractivity contribution < 1.29 is 14.6 Å². The lowest BCUT2D eigenvalue weighted by Crippen LogP contribution is -2.18. The molecular formula is C16H18O3. The molecule has 0 bridgehead atoms. The van der Waals surface area contributed by atoms with Crippen LogP contribution in [0.5, 0.6) is 0 Å². The van der Waals surface area contributed by atoms with Gasteiger partial charge in [0, 0.05) is 0 Å². The van der Waals surface area contributed by atoms with Gasteiger partial charge < -0.3 is 14.6 Å². The minimum Gasteiger partial charge on any atom is -0.372 e. The Hall–Kier alpha value is -1.68. The highest BCUT2D eigenvalue weighted by Gasteiger charge is 2.04. The van der Waals surface area contributed by atoms with Crippen molar-refractivity contribution in [1.29, 1.82) is 0 Å². The zero-order valence-corrected chi connectivity index (χ0v) is 10.7. The van der Waals surface area contributed by atoms with E-state index in [1.54, 1.807) is 0 Å². The van der Waals surface area contributed by atoms with Crippen LogP contribution in [0.15, 0.2) is 60.7 Å². The molecule has 2 aromatic rings. The maximum Gasteiger partial charge on any atom is 0.178 e. The molecule has 0 spiro atoms. The van der Waals surface area contributed by atoms with Crippen LogP contribution in [-0.2, 0) is 22.7 Å². The average molecular weight is 258 g/mol. The molecule has 0 aliphatic heterocycles. The summed E-state index contributed by atoms with van der Waals surface area (Å²) in [4.78, 5) is 0. The molecule has 3 heteroatoms. The lowest BCUT2D eigenvalue weighted by molar-refractivity contribution is -0.147. The molecule has 100 valence electrons. The van der Waals surface area contributed by atoms with Crippen LogP contribution >= 0.6 is 0 Å². The largest absolute Gasteiger partial charge is 0.372 e. The van der Waals surface area contributed by atoms with Gasteiger partial charge >= 0.3 is 0 Å². The van der Waals surface area contributed by atoms with Crippen molar-refractivity contribution in [1.82, 2.24) is 0 Å². The highest BCUT2D eigenvalue weighted by atomic mass is 16.6. The summed E-state index contributed by atoms with van der Waals surface area (Å²) in [5, 5.41) is 9.64. The van der Waals surface area contributed by atoms with Gasteiger partial charge in [-0.05, 0) is 11.1 Å². The van der Waals surface area contributed by atoms with E-state index in [-0.39, 0.29) is 6.61 Å². The van der Waals surface area contributed by atoms with Crippen LogP contribution in [0.3, 0.4) is 0 Å². The number of aliphatic hydroxyl groups excluding tert-OH is 1. The molecule has 0 aromatic heterocycles. The van der Waals surface area contributed by atoms with Gasteiger partial charge in [-0.1, -0.05) is 60.7 Å². The Balaban J connectivity index is 1.64. The number of benzene rings is 2. The first-order valence-electron chi connectivity index (χ1n) is 6.30. The Labute approximate surface area is 113 Å². The quantitative estimate of drug-likeness (QED) is 0.776. The fourth-order valence-electron chi connectivity index (χ4n) is 1.67. The van der Waals surface area contributed by atoms with Crippen LogP contribution in [0.25, 0.3) is 0 Å². The summed E-state index contributed by atoms with van der Waals surface area (Å²) in [5.41, 5.74) is 2.11. The Bertz CT molecular complexity index is 456. The fourth-order valence-corrected chi connectivity index (χ4v) is 1.67. The van der Waals surface area contributed by atoms with Crippen LogP contribution in [0.1, 0.15) is 11.1 Å². The van der Waals surface area contributed by atoms with Crippen LogP contribution in [0.4, 0.5) is 0 Å². The van der Waals surface area contributed by atoms with Crippen molar-refractivity contribution in [3.05, 3.63) is 71.8 Å². The maximum atomic E-state index is 9.64. The number of rotatable bonds is 7. The van der Waals surface area contributed by atoms with E-state index in [0.717, 1.165) is 11.1 Å². The first-order chi connectivity index (χ1) is 9.34. The van der Waals surface area contributed by atoms with Gasteiger partial charge in [-0.15, -0.1) is 0 Å². The van der Waals surface area contributed by atoms with Crippen molar-refractivity contribution in [2.45, 2.75) is 19.5 Å². The van der Waals surface area contributed by atoms with Gasteiger partial charge in [0.15, 0.2) is 6.29 Å². The topological polar surface area (TPSA) is 38.7 Å². The Morgan fingerprint density at radius 1 is 0.789 bits per heavy atom. The van der Waals surface area contributed by atoms with E-state index in [1.807, 2.05) is 60.7 Å². The van der Waals surface area contributed by atoms with Gasteiger partial charge in [0.1, 0.15) is 0 Å². The van der Waals surface area contributed by atoms with Crippen molar-refractivity contribution in [2.75, 3.05) is 6.61 Å². The second kappa shape index (κ2) is 7.69. The molecule has 0 aliphatic rings. The van der Waals surface area contributed by atoms with Gasteiger partial charge in [0.25, 0.3) is 0 Å². The van der Waals surface area contributed by atoms with Gasteiger partial charge in [-0.2, -0.15) is 0 Å². The van der Waals surface area contributed by atoms with E-state index in [9.17, 15) is 5.11 Å². The molecule has 0 aliphatic carbocycles. The SMILES string of the molecule is OC(COCc1ccccc1)OCc1ccccc1. The van der Waals surface area contributed by atoms with Crippen LogP contribution < -0.4 is 0 Å². The normalized spacial score (nSPS) is 12.3. The number of ether oxygens (including phenoxy) is 2. The molecule has 0 radical (unpaired) electrons. The zero-order chi connectivity index (χ0) is 13.3. The smallest absolute Gasteiger partial charge is 0.178 e. The third kappa shape index (κ3) is 5.22. The van der Waals surface area contributed by atoms with E-state index in [2.05, 4.69) is 0 Å². The molecule has 1 unspecified atom stereocenters. The van der Waals surface area contributed by atoms with Crippen molar-refractivity contribution in [2.24, 2.45) is 0 Å². The molecule has 3 nitrogen and oxygen atoms in total. The predicted molar refractivity (Wildman–Crippen MR) is 73.3 cm³/mol. The molecule has 1 atom stereocenters. The number of hydrogen-bond donors (Lipinski definition) is 1. The highest BCUT2D eigenvalue weighted by molar-refractivity contribution is 5.14. The van der Waals surface area contributed by atoms with Crippen LogP contribution in [-0.4, -0.2) is 18.0 Å². The summed E-state index contributed by atoms with van der Waals surface area (Å²) in [5.74, 6) is 0. The number of hydrogen-bond acceptors (Lipinski definition) is 3. The highest BCUT2D eigenvalue weighted by Crippen LogP contribution is 2.04. The maximum absolute atomic E-state index is 9.64. The van der Waals surface area contributed by atoms with Gasteiger partial charge in [-0.25, -0.2) is 0 Å². The molecule has 1 N–H and O–H groups in total. The molecule has 0 heterocycles. The second-order valence-corrected chi connectivity index (χ2v) is 4.25. The van der Waals surface area contributed by atoms with Crippen molar-refractivity contribution in [3.63, 3.8) is 0 Å². The first kappa shape index (κ1) is 13.7. The Kier molecular flexibility index (Phi) is 5.56. The van der Waals surface area contributed by atoms with Gasteiger partial charge in [0.2, 0.25) is 0 Å². The van der Waals surface area contributed by atoms with Crippen molar-refractivity contribution in [3.8, 4) is 0 Å². The van der Waals surface area contributed by atoms with Gasteiger partial charge in [-0.3, -0.25) is 0 Å². The Morgan fingerprint density at radius 2 is 1.32 bits per heavy atom. The summed E-state index contributed by atoms with van der Waals surface area (Å²) in [6.45, 7) is 1.03. The predicted octanol–water partition coefficient (Wildman–Crippen LogP) is 2.74. The minimum atomic E-state index is -0.899. The third-order valence-corrected chi connectivity index (χ3v) is 2.66.